The Balaban J connectivity index is 2.59. The van der Waals surface area contributed by atoms with Crippen molar-refractivity contribution in [3.05, 3.63) is 0 Å². The third-order valence-corrected chi connectivity index (χ3v) is 5.09. The Morgan fingerprint density at radius 2 is 1.15 bits per heavy atom. The largest absolute Gasteiger partial charge is 0.345 e. The van der Waals surface area contributed by atoms with Crippen molar-refractivity contribution in [2.75, 3.05) is 13.1 Å². The van der Waals surface area contributed by atoms with E-state index in [4.69, 9.17) is 0 Å². The first kappa shape index (κ1) is 23.0. The van der Waals surface area contributed by atoms with Crippen molar-refractivity contribution in [1.29, 1.82) is 0 Å². The van der Waals surface area contributed by atoms with Crippen LogP contribution in [0.15, 0.2) is 0 Å². The lowest BCUT2D eigenvalue weighted by Crippen LogP contribution is -2.48. The zero-order valence-corrected chi connectivity index (χ0v) is 17.7. The molecule has 1 aliphatic carbocycles. The van der Waals surface area contributed by atoms with Crippen LogP contribution in [-0.4, -0.2) is 35.8 Å². The highest BCUT2D eigenvalue weighted by atomic mass is 16.2. The van der Waals surface area contributed by atoms with Crippen molar-refractivity contribution in [2.45, 2.75) is 104 Å². The van der Waals surface area contributed by atoms with Gasteiger partial charge in [0.15, 0.2) is 0 Å². The fourth-order valence-electron chi connectivity index (χ4n) is 3.82. The lowest BCUT2D eigenvalue weighted by Gasteiger charge is -2.27. The number of carbonyl (C=O) groups excluding carboxylic acids is 2. The van der Waals surface area contributed by atoms with Crippen LogP contribution in [0.4, 0.5) is 0 Å². The highest BCUT2D eigenvalue weighted by molar-refractivity contribution is 6.35. The quantitative estimate of drug-likeness (QED) is 0.702. The number of hydrogen-bond donors (Lipinski definition) is 1. The molecule has 0 bridgehead atoms. The second-order valence-corrected chi connectivity index (χ2v) is 8.93. The molecule has 1 saturated carbocycles. The van der Waals surface area contributed by atoms with Crippen molar-refractivity contribution >= 4 is 11.8 Å². The summed E-state index contributed by atoms with van der Waals surface area (Å²) in [4.78, 5) is 27.0. The number of hydrogen-bond acceptors (Lipinski definition) is 2. The zero-order chi connectivity index (χ0) is 19.4. The maximum Gasteiger partial charge on any atom is 0.311 e. The first-order valence-corrected chi connectivity index (χ1v) is 11.0. The SMILES string of the molecule is CC(C)CN(CC(C)C)C(=O)C(=O)NC1CCCCCCCCCCC1. The molecule has 4 nitrogen and oxygen atoms in total. The smallest absolute Gasteiger partial charge is 0.311 e. The molecule has 0 aromatic heterocycles. The molecule has 4 heteroatoms. The summed E-state index contributed by atoms with van der Waals surface area (Å²) < 4.78 is 0. The van der Waals surface area contributed by atoms with Crippen LogP contribution in [0.5, 0.6) is 0 Å². The molecule has 1 aliphatic rings. The predicted octanol–water partition coefficient (Wildman–Crippen LogP) is 4.92. The van der Waals surface area contributed by atoms with Gasteiger partial charge in [0.1, 0.15) is 0 Å². The summed E-state index contributed by atoms with van der Waals surface area (Å²) in [5.74, 6) is -0.0133. The third-order valence-electron chi connectivity index (χ3n) is 5.09. The van der Waals surface area contributed by atoms with Crippen molar-refractivity contribution in [1.82, 2.24) is 10.2 Å². The van der Waals surface area contributed by atoms with Crippen LogP contribution in [0.25, 0.3) is 0 Å². The topological polar surface area (TPSA) is 49.4 Å². The summed E-state index contributed by atoms with van der Waals surface area (Å²) in [6.07, 6.45) is 13.5. The van der Waals surface area contributed by atoms with Crippen LogP contribution in [0.3, 0.4) is 0 Å². The Morgan fingerprint density at radius 1 is 0.769 bits per heavy atom. The first-order chi connectivity index (χ1) is 12.4. The summed E-state index contributed by atoms with van der Waals surface area (Å²) in [6, 6.07) is 0.158. The van der Waals surface area contributed by atoms with Crippen molar-refractivity contribution in [3.8, 4) is 0 Å². The number of amides is 2. The summed E-state index contributed by atoms with van der Waals surface area (Å²) in [5.41, 5.74) is 0. The average Bonchev–Trinajstić information content (AvgIpc) is 2.55. The van der Waals surface area contributed by atoms with Crippen LogP contribution in [0, 0.1) is 11.8 Å². The fourth-order valence-corrected chi connectivity index (χ4v) is 3.82. The molecule has 1 rings (SSSR count). The number of rotatable bonds is 5. The molecule has 152 valence electrons. The minimum atomic E-state index is -0.400. The van der Waals surface area contributed by atoms with Crippen molar-refractivity contribution < 1.29 is 9.59 Å². The van der Waals surface area contributed by atoms with E-state index in [9.17, 15) is 9.59 Å². The van der Waals surface area contributed by atoms with Gasteiger partial charge in [0, 0.05) is 19.1 Å². The fraction of sp³-hybridized carbons (Fsp3) is 0.909. The average molecular weight is 367 g/mol. The van der Waals surface area contributed by atoms with E-state index >= 15 is 0 Å². The number of carbonyl (C=O) groups is 2. The van der Waals surface area contributed by atoms with E-state index in [0.29, 0.717) is 24.9 Å². The van der Waals surface area contributed by atoms with E-state index in [-0.39, 0.29) is 11.9 Å². The highest BCUT2D eigenvalue weighted by Gasteiger charge is 2.25. The molecule has 1 N–H and O–H groups in total. The van der Waals surface area contributed by atoms with Gasteiger partial charge in [-0.3, -0.25) is 9.59 Å². The van der Waals surface area contributed by atoms with Crippen LogP contribution >= 0.6 is 0 Å². The minimum Gasteiger partial charge on any atom is -0.345 e. The molecule has 0 unspecified atom stereocenters. The van der Waals surface area contributed by atoms with Gasteiger partial charge in [0.2, 0.25) is 0 Å². The van der Waals surface area contributed by atoms with E-state index < -0.39 is 5.91 Å². The number of nitrogens with zero attached hydrogens (tertiary/aromatic N) is 1. The van der Waals surface area contributed by atoms with E-state index in [0.717, 1.165) is 25.7 Å². The van der Waals surface area contributed by atoms with E-state index in [1.165, 1.54) is 44.9 Å². The Hall–Kier alpha value is -1.06. The Kier molecular flexibility index (Phi) is 11.6. The molecule has 0 heterocycles. The standard InChI is InChI=1S/C22H42N2O2/c1-18(2)16-24(17-19(3)4)22(26)21(25)23-20-14-12-10-8-6-5-7-9-11-13-15-20/h18-20H,5-17H2,1-4H3,(H,23,25). The molecule has 0 atom stereocenters. The van der Waals surface area contributed by atoms with Crippen molar-refractivity contribution in [3.63, 3.8) is 0 Å². The van der Waals surface area contributed by atoms with Gasteiger partial charge in [-0.05, 0) is 24.7 Å². The molecule has 0 aromatic rings. The molecule has 0 radical (unpaired) electrons. The monoisotopic (exact) mass is 366 g/mol. The molecule has 0 aromatic carbocycles. The van der Waals surface area contributed by atoms with Gasteiger partial charge in [0.25, 0.3) is 0 Å². The van der Waals surface area contributed by atoms with Gasteiger partial charge in [-0.2, -0.15) is 0 Å². The lowest BCUT2D eigenvalue weighted by molar-refractivity contribution is -0.147. The Bertz CT molecular complexity index is 385. The Morgan fingerprint density at radius 3 is 1.54 bits per heavy atom. The van der Waals surface area contributed by atoms with E-state index in [2.05, 4.69) is 33.0 Å². The zero-order valence-electron chi connectivity index (χ0n) is 17.7. The van der Waals surface area contributed by atoms with Crippen LogP contribution in [0.1, 0.15) is 98.3 Å². The summed E-state index contributed by atoms with van der Waals surface area (Å²) in [5, 5.41) is 3.07. The second-order valence-electron chi connectivity index (χ2n) is 8.93. The summed E-state index contributed by atoms with van der Waals surface area (Å²) >= 11 is 0. The molecule has 0 aliphatic heterocycles. The van der Waals surface area contributed by atoms with Crippen LogP contribution in [0.2, 0.25) is 0 Å². The van der Waals surface area contributed by atoms with Gasteiger partial charge >= 0.3 is 11.8 Å². The van der Waals surface area contributed by atoms with Gasteiger partial charge < -0.3 is 10.2 Å². The highest BCUT2D eigenvalue weighted by Crippen LogP contribution is 2.17. The molecular weight excluding hydrogens is 324 g/mol. The molecule has 0 spiro atoms. The van der Waals surface area contributed by atoms with Crippen LogP contribution < -0.4 is 5.32 Å². The van der Waals surface area contributed by atoms with E-state index in [1.54, 1.807) is 4.90 Å². The molecule has 0 saturated heterocycles. The predicted molar refractivity (Wildman–Crippen MR) is 109 cm³/mol. The first-order valence-electron chi connectivity index (χ1n) is 11.0. The van der Waals surface area contributed by atoms with Crippen LogP contribution in [-0.2, 0) is 9.59 Å². The second kappa shape index (κ2) is 13.2. The van der Waals surface area contributed by atoms with E-state index in [1.807, 2.05) is 0 Å². The molecule has 2 amide bonds. The third kappa shape index (κ3) is 10.2. The molecule has 26 heavy (non-hydrogen) atoms. The van der Waals surface area contributed by atoms with Gasteiger partial charge in [-0.25, -0.2) is 0 Å². The lowest BCUT2D eigenvalue weighted by atomic mass is 9.98. The molecular formula is C22H42N2O2. The minimum absolute atomic E-state index is 0.158. The normalized spacial score (nSPS) is 18.2. The maximum absolute atomic E-state index is 12.7. The van der Waals surface area contributed by atoms with Crippen molar-refractivity contribution in [2.24, 2.45) is 11.8 Å². The van der Waals surface area contributed by atoms with Gasteiger partial charge in [-0.1, -0.05) is 85.5 Å². The Labute approximate surface area is 161 Å². The molecule has 1 fully saturated rings. The van der Waals surface area contributed by atoms with Gasteiger partial charge in [0.05, 0.1) is 0 Å². The van der Waals surface area contributed by atoms with Gasteiger partial charge in [-0.15, -0.1) is 0 Å². The maximum atomic E-state index is 12.7. The number of nitrogens with one attached hydrogen (secondary N) is 1. The summed E-state index contributed by atoms with van der Waals surface area (Å²) in [7, 11) is 0. The summed E-state index contributed by atoms with van der Waals surface area (Å²) in [6.45, 7) is 9.65.